The van der Waals surface area contributed by atoms with Crippen LogP contribution in [-0.2, 0) is 15.9 Å². The molecule has 0 unspecified atom stereocenters. The number of hydrogen-bond acceptors (Lipinski definition) is 8. The summed E-state index contributed by atoms with van der Waals surface area (Å²) in [6, 6.07) is 12.6. The Labute approximate surface area is 210 Å². The van der Waals surface area contributed by atoms with Crippen LogP contribution < -0.4 is 4.74 Å². The molecule has 0 amide bonds. The van der Waals surface area contributed by atoms with E-state index in [2.05, 4.69) is 6.92 Å². The third-order valence-corrected chi connectivity index (χ3v) is 6.37. The zero-order chi connectivity index (χ0) is 25.4. The van der Waals surface area contributed by atoms with E-state index in [-0.39, 0.29) is 13.2 Å². The van der Waals surface area contributed by atoms with Gasteiger partial charge in [0.05, 0.1) is 13.2 Å². The van der Waals surface area contributed by atoms with Gasteiger partial charge in [-0.1, -0.05) is 49.2 Å². The van der Waals surface area contributed by atoms with Gasteiger partial charge in [0, 0.05) is 11.6 Å². The zero-order valence-corrected chi connectivity index (χ0v) is 20.6. The molecule has 9 heteroatoms. The highest BCUT2D eigenvalue weighted by atomic mass is 35.5. The van der Waals surface area contributed by atoms with E-state index < -0.39 is 43.2 Å². The van der Waals surface area contributed by atoms with Crippen molar-refractivity contribution in [3.05, 3.63) is 64.2 Å². The number of hydrogen-bond donors (Lipinski definition) is 5. The molecule has 0 spiro atoms. The van der Waals surface area contributed by atoms with E-state index in [0.717, 1.165) is 24.0 Å². The molecule has 2 aromatic carbocycles. The van der Waals surface area contributed by atoms with Crippen molar-refractivity contribution in [3.8, 4) is 5.75 Å². The molecular weight excluding hydrogens is 476 g/mol. The molecule has 0 aliphatic carbocycles. The van der Waals surface area contributed by atoms with Gasteiger partial charge in [-0.2, -0.15) is 0 Å². The first-order valence-electron chi connectivity index (χ1n) is 11.9. The van der Waals surface area contributed by atoms with E-state index in [4.69, 9.17) is 25.8 Å². The Morgan fingerprint density at radius 2 is 1.74 bits per heavy atom. The molecule has 0 radical (unpaired) electrons. The van der Waals surface area contributed by atoms with Crippen molar-refractivity contribution in [2.75, 3.05) is 26.4 Å². The Morgan fingerprint density at radius 3 is 2.43 bits per heavy atom. The molecule has 1 heterocycles. The lowest BCUT2D eigenvalue weighted by Gasteiger charge is -2.40. The summed E-state index contributed by atoms with van der Waals surface area (Å²) in [6.45, 7) is 2.60. The van der Waals surface area contributed by atoms with Crippen LogP contribution in [0.25, 0.3) is 0 Å². The van der Waals surface area contributed by atoms with E-state index >= 15 is 0 Å². The number of aliphatic hydroxyl groups is 5. The number of benzene rings is 2. The lowest BCUT2D eigenvalue weighted by atomic mass is 9.90. The van der Waals surface area contributed by atoms with Crippen molar-refractivity contribution >= 4 is 11.6 Å². The third kappa shape index (κ3) is 7.62. The monoisotopic (exact) mass is 510 g/mol. The molecule has 3 rings (SSSR count). The summed E-state index contributed by atoms with van der Waals surface area (Å²) >= 11 is 6.41. The summed E-state index contributed by atoms with van der Waals surface area (Å²) in [5.74, 6) is 0.627. The fraction of sp³-hybridized carbons (Fsp3) is 0.538. The summed E-state index contributed by atoms with van der Waals surface area (Å²) < 4.78 is 16.7. The Bertz CT molecular complexity index is 907. The van der Waals surface area contributed by atoms with Crippen LogP contribution in [0, 0.1) is 0 Å². The van der Waals surface area contributed by atoms with Gasteiger partial charge in [0.1, 0.15) is 49.0 Å². The molecule has 8 nitrogen and oxygen atoms in total. The largest absolute Gasteiger partial charge is 0.491 e. The average molecular weight is 511 g/mol. The Hall–Kier alpha value is -1.75. The first-order valence-corrected chi connectivity index (χ1v) is 12.3. The van der Waals surface area contributed by atoms with E-state index in [1.807, 2.05) is 24.3 Å². The Morgan fingerprint density at radius 1 is 1.00 bits per heavy atom. The fourth-order valence-corrected chi connectivity index (χ4v) is 4.10. The van der Waals surface area contributed by atoms with E-state index in [0.29, 0.717) is 29.4 Å². The van der Waals surface area contributed by atoms with Crippen LogP contribution in [0.5, 0.6) is 5.75 Å². The minimum atomic E-state index is -1.45. The van der Waals surface area contributed by atoms with Gasteiger partial charge in [-0.3, -0.25) is 0 Å². The van der Waals surface area contributed by atoms with Crippen LogP contribution in [-0.4, -0.2) is 82.5 Å². The van der Waals surface area contributed by atoms with Crippen molar-refractivity contribution in [2.24, 2.45) is 0 Å². The first-order chi connectivity index (χ1) is 16.8. The Balaban J connectivity index is 1.61. The van der Waals surface area contributed by atoms with Crippen LogP contribution in [0.15, 0.2) is 42.5 Å². The van der Waals surface area contributed by atoms with Crippen LogP contribution in [0.3, 0.4) is 0 Å². The zero-order valence-electron chi connectivity index (χ0n) is 19.8. The van der Waals surface area contributed by atoms with Crippen molar-refractivity contribution in [1.29, 1.82) is 0 Å². The lowest BCUT2D eigenvalue weighted by molar-refractivity contribution is -0.231. The van der Waals surface area contributed by atoms with Gasteiger partial charge in [0.2, 0.25) is 0 Å². The number of rotatable bonds is 12. The topological polar surface area (TPSA) is 129 Å². The minimum Gasteiger partial charge on any atom is -0.491 e. The van der Waals surface area contributed by atoms with Crippen molar-refractivity contribution in [3.63, 3.8) is 0 Å². The second-order valence-corrected chi connectivity index (χ2v) is 9.22. The number of ether oxygens (including phenoxy) is 3. The van der Waals surface area contributed by atoms with Crippen molar-refractivity contribution in [1.82, 2.24) is 0 Å². The summed E-state index contributed by atoms with van der Waals surface area (Å²) in [7, 11) is 0. The van der Waals surface area contributed by atoms with E-state index in [1.54, 1.807) is 18.2 Å². The fourth-order valence-electron chi connectivity index (χ4n) is 3.91. The molecule has 6 atom stereocenters. The van der Waals surface area contributed by atoms with Gasteiger partial charge in [-0.25, -0.2) is 0 Å². The molecule has 1 fully saturated rings. The second-order valence-electron chi connectivity index (χ2n) is 8.81. The number of halogens is 1. The maximum atomic E-state index is 10.4. The quantitative estimate of drug-likeness (QED) is 0.274. The number of aliphatic hydroxyl groups excluding tert-OH is 5. The van der Waals surface area contributed by atoms with Gasteiger partial charge in [-0.15, -0.1) is 0 Å². The first kappa shape index (κ1) is 27.8. The molecular formula is C26H35ClO8. The van der Waals surface area contributed by atoms with E-state index in [9.17, 15) is 25.5 Å². The third-order valence-electron chi connectivity index (χ3n) is 6.00. The van der Waals surface area contributed by atoms with Gasteiger partial charge in [0.15, 0.2) is 0 Å². The van der Waals surface area contributed by atoms with Crippen molar-refractivity contribution < 1.29 is 39.7 Å². The normalized spacial score (nSPS) is 25.4. The molecule has 194 valence electrons. The highest BCUT2D eigenvalue weighted by molar-refractivity contribution is 6.31. The van der Waals surface area contributed by atoms with Crippen LogP contribution in [0.4, 0.5) is 0 Å². The molecule has 0 saturated carbocycles. The molecule has 0 aromatic heterocycles. The number of unbranched alkanes of at least 4 members (excludes halogenated alkanes) is 1. The van der Waals surface area contributed by atoms with E-state index in [1.165, 1.54) is 0 Å². The second kappa shape index (κ2) is 13.5. The van der Waals surface area contributed by atoms with Gasteiger partial charge < -0.3 is 39.7 Å². The van der Waals surface area contributed by atoms with Crippen molar-refractivity contribution in [2.45, 2.75) is 62.8 Å². The highest BCUT2D eigenvalue weighted by Gasteiger charge is 2.44. The molecule has 1 aliphatic rings. The average Bonchev–Trinajstić information content (AvgIpc) is 2.86. The summed E-state index contributed by atoms with van der Waals surface area (Å²) in [5, 5.41) is 50.5. The highest BCUT2D eigenvalue weighted by Crippen LogP contribution is 2.34. The van der Waals surface area contributed by atoms with Gasteiger partial charge >= 0.3 is 0 Å². The molecule has 2 aromatic rings. The molecule has 35 heavy (non-hydrogen) atoms. The van der Waals surface area contributed by atoms with Crippen LogP contribution in [0.2, 0.25) is 5.02 Å². The smallest absolute Gasteiger partial charge is 0.119 e. The molecule has 5 N–H and O–H groups in total. The predicted octanol–water partition coefficient (Wildman–Crippen LogP) is 2.00. The summed E-state index contributed by atoms with van der Waals surface area (Å²) in [5.41, 5.74) is 2.33. The van der Waals surface area contributed by atoms with Crippen LogP contribution >= 0.6 is 11.6 Å². The molecule has 1 aliphatic heterocycles. The van der Waals surface area contributed by atoms with Gasteiger partial charge in [-0.05, 0) is 47.7 Å². The van der Waals surface area contributed by atoms with Gasteiger partial charge in [0.25, 0.3) is 0 Å². The summed E-state index contributed by atoms with van der Waals surface area (Å²) in [4.78, 5) is 0. The Kier molecular flexibility index (Phi) is 10.8. The minimum absolute atomic E-state index is 0.137. The molecule has 1 saturated heterocycles. The molecule has 0 bridgehead atoms. The van der Waals surface area contributed by atoms with Crippen LogP contribution in [0.1, 0.15) is 42.6 Å². The summed E-state index contributed by atoms with van der Waals surface area (Å²) in [6.07, 6.45) is -4.31. The maximum Gasteiger partial charge on any atom is 0.119 e. The maximum absolute atomic E-state index is 10.4. The predicted molar refractivity (Wildman–Crippen MR) is 131 cm³/mol. The standard InChI is InChI=1S/C26H35ClO8/c1-2-3-10-33-14-19(29)15-34-20-7-4-16(5-8-20)11-18-12-17(6-9-21(18)27)26-25(32)24(31)23(30)22(13-28)35-26/h4-9,12,19,22-26,28-32H,2-3,10-11,13-15H2,1H3/t19-,22+,23+,24-,25+,26-/m0/s1. The SMILES string of the molecule is CCCCOC[C@H](O)COc1ccc(Cc2cc([C@@H]3O[C@H](CO)[C@@H](O)[C@H](O)[C@H]3O)ccc2Cl)cc1. The lowest BCUT2D eigenvalue weighted by Crippen LogP contribution is -2.55.